The van der Waals surface area contributed by atoms with Gasteiger partial charge in [0.15, 0.2) is 0 Å². The van der Waals surface area contributed by atoms with Crippen LogP contribution < -0.4 is 10.2 Å². The smallest absolute Gasteiger partial charge is 0.147 e. The lowest BCUT2D eigenvalue weighted by atomic mass is 10.3. The molecule has 1 heterocycles. The largest absolute Gasteiger partial charge is 0.358 e. The summed E-state index contributed by atoms with van der Waals surface area (Å²) in [6.45, 7) is 4.27. The number of anilines is 1. The fourth-order valence-corrected chi connectivity index (χ4v) is 2.30. The fraction of sp³-hybridized carbons (Fsp3) is 0.714. The summed E-state index contributed by atoms with van der Waals surface area (Å²) in [5, 5.41) is 3.48. The van der Waals surface area contributed by atoms with E-state index in [-0.39, 0.29) is 0 Å². The summed E-state index contributed by atoms with van der Waals surface area (Å²) in [4.78, 5) is 11.2. The number of rotatable bonds is 6. The molecule has 3 rings (SSSR count). The minimum absolute atomic E-state index is 0.723. The van der Waals surface area contributed by atoms with E-state index in [2.05, 4.69) is 34.2 Å². The number of nitrogens with zero attached hydrogens (tertiary/aromatic N) is 3. The predicted molar refractivity (Wildman–Crippen MR) is 72.4 cm³/mol. The van der Waals surface area contributed by atoms with Crippen LogP contribution in [0.25, 0.3) is 0 Å². The molecule has 0 bridgehead atoms. The van der Waals surface area contributed by atoms with E-state index in [1.54, 1.807) is 0 Å². The molecular formula is C14H22N4. The molecule has 2 aliphatic rings. The molecule has 0 amide bonds. The molecule has 0 radical (unpaired) electrons. The van der Waals surface area contributed by atoms with E-state index < -0.39 is 0 Å². The summed E-state index contributed by atoms with van der Waals surface area (Å²) in [6, 6.07) is 0.723. The zero-order chi connectivity index (χ0) is 12.5. The van der Waals surface area contributed by atoms with Gasteiger partial charge in [0.05, 0.1) is 11.9 Å². The molecule has 98 valence electrons. The number of hydrogen-bond donors (Lipinski definition) is 1. The first kappa shape index (κ1) is 11.9. The molecule has 0 aliphatic heterocycles. The van der Waals surface area contributed by atoms with Crippen molar-refractivity contribution in [2.24, 2.45) is 11.8 Å². The Morgan fingerprint density at radius 3 is 2.83 bits per heavy atom. The van der Waals surface area contributed by atoms with E-state index in [9.17, 15) is 0 Å². The van der Waals surface area contributed by atoms with Crippen LogP contribution in [-0.2, 0) is 6.54 Å². The zero-order valence-electron chi connectivity index (χ0n) is 11.3. The quantitative estimate of drug-likeness (QED) is 0.831. The third kappa shape index (κ3) is 2.99. The van der Waals surface area contributed by atoms with Crippen LogP contribution in [0, 0.1) is 11.8 Å². The Morgan fingerprint density at radius 1 is 1.39 bits per heavy atom. The first-order valence-corrected chi connectivity index (χ1v) is 6.98. The molecule has 2 saturated carbocycles. The summed E-state index contributed by atoms with van der Waals surface area (Å²) in [5.41, 5.74) is 1.05. The maximum absolute atomic E-state index is 4.68. The highest BCUT2D eigenvalue weighted by atomic mass is 15.2. The van der Waals surface area contributed by atoms with Crippen LogP contribution in [-0.4, -0.2) is 29.6 Å². The van der Waals surface area contributed by atoms with E-state index in [0.29, 0.717) is 0 Å². The van der Waals surface area contributed by atoms with Crippen molar-refractivity contribution < 1.29 is 0 Å². The minimum atomic E-state index is 0.723. The van der Waals surface area contributed by atoms with Gasteiger partial charge in [-0.05, 0) is 31.1 Å². The van der Waals surface area contributed by atoms with Crippen LogP contribution in [0.4, 0.5) is 5.82 Å². The highest BCUT2D eigenvalue weighted by Crippen LogP contribution is 2.38. The molecule has 2 unspecified atom stereocenters. The second-order valence-electron chi connectivity index (χ2n) is 5.88. The first-order valence-electron chi connectivity index (χ1n) is 6.98. The second-order valence-corrected chi connectivity index (χ2v) is 5.88. The third-order valence-corrected chi connectivity index (χ3v) is 4.00. The molecule has 2 fully saturated rings. The highest BCUT2D eigenvalue weighted by Gasteiger charge is 2.33. The monoisotopic (exact) mass is 246 g/mol. The Labute approximate surface area is 109 Å². The van der Waals surface area contributed by atoms with Gasteiger partial charge in [-0.1, -0.05) is 6.92 Å². The van der Waals surface area contributed by atoms with Gasteiger partial charge < -0.3 is 10.2 Å². The topological polar surface area (TPSA) is 41.1 Å². The fourth-order valence-electron chi connectivity index (χ4n) is 2.30. The predicted octanol–water partition coefficient (Wildman–Crippen LogP) is 1.82. The third-order valence-electron chi connectivity index (χ3n) is 4.00. The lowest BCUT2D eigenvalue weighted by molar-refractivity contribution is 0.666. The highest BCUT2D eigenvalue weighted by molar-refractivity contribution is 5.35. The molecule has 2 atom stereocenters. The Bertz CT molecular complexity index is 416. The van der Waals surface area contributed by atoms with Gasteiger partial charge in [-0.15, -0.1) is 0 Å². The number of aromatic nitrogens is 2. The molecule has 2 aliphatic carbocycles. The van der Waals surface area contributed by atoms with Gasteiger partial charge in [0.2, 0.25) is 0 Å². The van der Waals surface area contributed by atoms with Crippen molar-refractivity contribution >= 4 is 5.82 Å². The molecule has 0 aromatic carbocycles. The minimum Gasteiger partial charge on any atom is -0.358 e. The SMILES string of the molecule is CC1CC1CN(C)c1cncc(CNC2CC2)n1. The van der Waals surface area contributed by atoms with Gasteiger partial charge in [-0.25, -0.2) is 4.98 Å². The van der Waals surface area contributed by atoms with Gasteiger partial charge in [0.25, 0.3) is 0 Å². The summed E-state index contributed by atoms with van der Waals surface area (Å²) in [7, 11) is 2.12. The molecule has 1 aromatic rings. The summed E-state index contributed by atoms with van der Waals surface area (Å²) in [5.74, 6) is 2.74. The van der Waals surface area contributed by atoms with E-state index in [4.69, 9.17) is 0 Å². The van der Waals surface area contributed by atoms with E-state index >= 15 is 0 Å². The van der Waals surface area contributed by atoms with Crippen LogP contribution in [0.15, 0.2) is 12.4 Å². The summed E-state index contributed by atoms with van der Waals surface area (Å²) in [6.07, 6.45) is 7.72. The van der Waals surface area contributed by atoms with Crippen LogP contribution in [0.1, 0.15) is 31.9 Å². The van der Waals surface area contributed by atoms with Gasteiger partial charge in [0, 0.05) is 32.4 Å². The first-order chi connectivity index (χ1) is 8.72. The Hall–Kier alpha value is -1.16. The maximum atomic E-state index is 4.68. The van der Waals surface area contributed by atoms with Gasteiger partial charge >= 0.3 is 0 Å². The lowest BCUT2D eigenvalue weighted by Crippen LogP contribution is -2.23. The summed E-state index contributed by atoms with van der Waals surface area (Å²) < 4.78 is 0. The summed E-state index contributed by atoms with van der Waals surface area (Å²) >= 11 is 0. The standard InChI is InChI=1S/C14H22N4/c1-10-5-11(10)9-18(2)14-8-15-6-13(17-14)7-16-12-3-4-12/h6,8,10-12,16H,3-5,7,9H2,1-2H3. The maximum Gasteiger partial charge on any atom is 0.147 e. The van der Waals surface area contributed by atoms with E-state index in [0.717, 1.165) is 42.5 Å². The van der Waals surface area contributed by atoms with E-state index in [1.165, 1.54) is 19.3 Å². The van der Waals surface area contributed by atoms with Crippen molar-refractivity contribution in [3.05, 3.63) is 18.1 Å². The van der Waals surface area contributed by atoms with Crippen molar-refractivity contribution in [1.29, 1.82) is 0 Å². The van der Waals surface area contributed by atoms with Crippen LogP contribution >= 0.6 is 0 Å². The molecule has 18 heavy (non-hydrogen) atoms. The number of hydrogen-bond acceptors (Lipinski definition) is 4. The van der Waals surface area contributed by atoms with Crippen molar-refractivity contribution in [3.8, 4) is 0 Å². The van der Waals surface area contributed by atoms with Crippen LogP contribution in [0.2, 0.25) is 0 Å². The van der Waals surface area contributed by atoms with Crippen molar-refractivity contribution in [3.63, 3.8) is 0 Å². The molecule has 4 nitrogen and oxygen atoms in total. The molecular weight excluding hydrogens is 224 g/mol. The Kier molecular flexibility index (Phi) is 3.20. The van der Waals surface area contributed by atoms with Gasteiger partial charge in [0.1, 0.15) is 5.82 Å². The van der Waals surface area contributed by atoms with Gasteiger partial charge in [-0.3, -0.25) is 4.98 Å². The van der Waals surface area contributed by atoms with E-state index in [1.807, 2.05) is 12.4 Å². The molecule has 1 aromatic heterocycles. The van der Waals surface area contributed by atoms with Crippen LogP contribution in [0.3, 0.4) is 0 Å². The Morgan fingerprint density at radius 2 is 2.17 bits per heavy atom. The second kappa shape index (κ2) is 4.84. The molecule has 4 heteroatoms. The van der Waals surface area contributed by atoms with Crippen molar-refractivity contribution in [2.45, 2.75) is 38.8 Å². The zero-order valence-corrected chi connectivity index (χ0v) is 11.3. The van der Waals surface area contributed by atoms with Crippen molar-refractivity contribution in [2.75, 3.05) is 18.5 Å². The molecule has 0 spiro atoms. The molecule has 1 N–H and O–H groups in total. The normalized spacial score (nSPS) is 26.1. The van der Waals surface area contributed by atoms with Crippen molar-refractivity contribution in [1.82, 2.24) is 15.3 Å². The van der Waals surface area contributed by atoms with Gasteiger partial charge in [-0.2, -0.15) is 0 Å². The molecule has 0 saturated heterocycles. The average molecular weight is 246 g/mol. The van der Waals surface area contributed by atoms with Crippen LogP contribution in [0.5, 0.6) is 0 Å². The Balaban J connectivity index is 1.57. The lowest BCUT2D eigenvalue weighted by Gasteiger charge is -2.18. The average Bonchev–Trinajstić information content (AvgIpc) is 3.27. The number of nitrogens with one attached hydrogen (secondary N) is 1.